The Morgan fingerprint density at radius 2 is 1.61 bits per heavy atom. The van der Waals surface area contributed by atoms with Crippen molar-refractivity contribution in [3.63, 3.8) is 0 Å². The topological polar surface area (TPSA) is 12.0 Å². The molecule has 0 atom stereocenters. The van der Waals surface area contributed by atoms with E-state index in [0.717, 1.165) is 22.9 Å². The smallest absolute Gasteiger partial charge is 0.182 e. The molecule has 0 heterocycles. The summed E-state index contributed by atoms with van der Waals surface area (Å²) in [6.07, 6.45) is 0. The van der Waals surface area contributed by atoms with Crippen molar-refractivity contribution in [2.24, 2.45) is 0 Å². The molecule has 2 aromatic carbocycles. The normalized spacial score (nSPS) is 10.5. The molecule has 1 nitrogen and oxygen atoms in total. The minimum Gasteiger partial charge on any atom is -0.353 e. The molecule has 0 amide bonds. The molecule has 0 bridgehead atoms. The molecule has 0 aliphatic rings. The van der Waals surface area contributed by atoms with Crippen molar-refractivity contribution in [2.45, 2.75) is 20.8 Å². The lowest BCUT2D eigenvalue weighted by Crippen LogP contribution is -2.00. The zero-order valence-electron chi connectivity index (χ0n) is 10.6. The second-order valence-corrected chi connectivity index (χ2v) is 4.50. The van der Waals surface area contributed by atoms with Gasteiger partial charge in [0, 0.05) is 5.69 Å². The number of hydrogen-bond donors (Lipinski definition) is 1. The minimum atomic E-state index is -0.840. The van der Waals surface area contributed by atoms with Crippen LogP contribution in [-0.2, 0) is 0 Å². The van der Waals surface area contributed by atoms with Gasteiger partial charge < -0.3 is 5.32 Å². The van der Waals surface area contributed by atoms with Crippen molar-refractivity contribution < 1.29 is 8.78 Å². The van der Waals surface area contributed by atoms with E-state index in [4.69, 9.17) is 0 Å². The fraction of sp³-hybridized carbons (Fsp3) is 0.200. The molecule has 3 heteroatoms. The fourth-order valence-electron chi connectivity index (χ4n) is 1.89. The lowest BCUT2D eigenvalue weighted by atomic mass is 10.1. The summed E-state index contributed by atoms with van der Waals surface area (Å²) in [4.78, 5) is 0. The van der Waals surface area contributed by atoms with E-state index in [9.17, 15) is 8.78 Å². The number of rotatable bonds is 2. The highest BCUT2D eigenvalue weighted by Crippen LogP contribution is 2.27. The highest BCUT2D eigenvalue weighted by Gasteiger charge is 2.12. The molecule has 1 N–H and O–H groups in total. The molecule has 18 heavy (non-hydrogen) atoms. The van der Waals surface area contributed by atoms with Crippen molar-refractivity contribution in [1.82, 2.24) is 0 Å². The van der Waals surface area contributed by atoms with Crippen molar-refractivity contribution in [1.29, 1.82) is 0 Å². The first-order valence-corrected chi connectivity index (χ1v) is 5.78. The molecule has 0 aromatic heterocycles. The number of anilines is 2. The predicted molar refractivity (Wildman–Crippen MR) is 70.3 cm³/mol. The molecule has 0 saturated carbocycles. The van der Waals surface area contributed by atoms with E-state index in [1.165, 1.54) is 0 Å². The lowest BCUT2D eigenvalue weighted by Gasteiger charge is -2.13. The SMILES string of the molecule is Cc1ccc(Nc2c(C)ccc(F)c2F)c(C)c1. The molecule has 0 aliphatic heterocycles. The van der Waals surface area contributed by atoms with Crippen LogP contribution in [0, 0.1) is 32.4 Å². The van der Waals surface area contributed by atoms with Gasteiger partial charge in [-0.1, -0.05) is 23.8 Å². The molecule has 0 saturated heterocycles. The van der Waals surface area contributed by atoms with Crippen LogP contribution in [0.4, 0.5) is 20.2 Å². The van der Waals surface area contributed by atoms with Crippen LogP contribution in [0.15, 0.2) is 30.3 Å². The molecule has 2 aromatic rings. The van der Waals surface area contributed by atoms with Gasteiger partial charge >= 0.3 is 0 Å². The Hall–Kier alpha value is -1.90. The maximum atomic E-state index is 13.7. The first-order chi connectivity index (χ1) is 8.49. The number of halogens is 2. The summed E-state index contributed by atoms with van der Waals surface area (Å²) in [5.41, 5.74) is 3.79. The summed E-state index contributed by atoms with van der Waals surface area (Å²) in [7, 11) is 0. The van der Waals surface area contributed by atoms with Crippen LogP contribution in [0.5, 0.6) is 0 Å². The van der Waals surface area contributed by atoms with Crippen molar-refractivity contribution in [2.75, 3.05) is 5.32 Å². The summed E-state index contributed by atoms with van der Waals surface area (Å²) in [6, 6.07) is 8.49. The molecular formula is C15H15F2N. The van der Waals surface area contributed by atoms with Crippen LogP contribution in [-0.4, -0.2) is 0 Å². The van der Waals surface area contributed by atoms with Gasteiger partial charge in [0.25, 0.3) is 0 Å². The second kappa shape index (κ2) is 4.77. The second-order valence-electron chi connectivity index (χ2n) is 4.50. The Bertz CT molecular complexity index is 591. The quantitative estimate of drug-likeness (QED) is 0.815. The molecule has 0 spiro atoms. The van der Waals surface area contributed by atoms with Crippen LogP contribution in [0.3, 0.4) is 0 Å². The fourth-order valence-corrected chi connectivity index (χ4v) is 1.89. The maximum Gasteiger partial charge on any atom is 0.182 e. The van der Waals surface area contributed by atoms with Crippen molar-refractivity contribution in [3.05, 3.63) is 58.7 Å². The number of benzene rings is 2. The Balaban J connectivity index is 2.43. The van der Waals surface area contributed by atoms with Gasteiger partial charge in [-0.2, -0.15) is 0 Å². The van der Waals surface area contributed by atoms with Crippen LogP contribution in [0.25, 0.3) is 0 Å². The van der Waals surface area contributed by atoms with Crippen LogP contribution >= 0.6 is 0 Å². The van der Waals surface area contributed by atoms with E-state index in [1.807, 2.05) is 32.0 Å². The Morgan fingerprint density at radius 1 is 0.889 bits per heavy atom. The standard InChI is InChI=1S/C15H15F2N/c1-9-4-7-13(11(3)8-9)18-15-10(2)5-6-12(16)14(15)17/h4-8,18H,1-3H3. The third-order valence-corrected chi connectivity index (χ3v) is 2.94. The van der Waals surface area contributed by atoms with Crippen molar-refractivity contribution in [3.8, 4) is 0 Å². The first-order valence-electron chi connectivity index (χ1n) is 5.78. The van der Waals surface area contributed by atoms with Gasteiger partial charge in [0.1, 0.15) is 0 Å². The number of nitrogens with one attached hydrogen (secondary N) is 1. The van der Waals surface area contributed by atoms with Gasteiger partial charge in [-0.15, -0.1) is 0 Å². The molecule has 94 valence electrons. The summed E-state index contributed by atoms with van der Waals surface area (Å²) in [5.74, 6) is -1.68. The largest absolute Gasteiger partial charge is 0.353 e. The van der Waals surface area contributed by atoms with E-state index in [0.29, 0.717) is 5.56 Å². The minimum absolute atomic E-state index is 0.196. The molecule has 0 fully saturated rings. The van der Waals surface area contributed by atoms with E-state index < -0.39 is 11.6 Å². The average Bonchev–Trinajstić information content (AvgIpc) is 2.32. The highest BCUT2D eigenvalue weighted by atomic mass is 19.2. The van der Waals surface area contributed by atoms with Crippen LogP contribution < -0.4 is 5.32 Å². The Kier molecular flexibility index (Phi) is 3.32. The summed E-state index contributed by atoms with van der Waals surface area (Å²) < 4.78 is 26.9. The molecule has 0 aliphatic carbocycles. The average molecular weight is 247 g/mol. The third kappa shape index (κ3) is 2.35. The van der Waals surface area contributed by atoms with Crippen LogP contribution in [0.2, 0.25) is 0 Å². The number of hydrogen-bond acceptors (Lipinski definition) is 1. The summed E-state index contributed by atoms with van der Waals surface area (Å²) >= 11 is 0. The van der Waals surface area contributed by atoms with E-state index >= 15 is 0 Å². The molecule has 0 unspecified atom stereocenters. The first kappa shape index (κ1) is 12.6. The zero-order chi connectivity index (χ0) is 13.3. The summed E-state index contributed by atoms with van der Waals surface area (Å²) in [5, 5.41) is 2.96. The Morgan fingerprint density at radius 3 is 2.28 bits per heavy atom. The molecular weight excluding hydrogens is 232 g/mol. The lowest BCUT2D eigenvalue weighted by molar-refractivity contribution is 0.511. The molecule has 0 radical (unpaired) electrons. The van der Waals surface area contributed by atoms with E-state index in [1.54, 1.807) is 13.0 Å². The van der Waals surface area contributed by atoms with Gasteiger partial charge in [-0.25, -0.2) is 8.78 Å². The van der Waals surface area contributed by atoms with Crippen molar-refractivity contribution >= 4 is 11.4 Å². The van der Waals surface area contributed by atoms with Gasteiger partial charge in [0.05, 0.1) is 5.69 Å². The maximum absolute atomic E-state index is 13.7. The predicted octanol–water partition coefficient (Wildman–Crippen LogP) is 4.63. The Labute approximate surface area is 105 Å². The van der Waals surface area contributed by atoms with Gasteiger partial charge in [0.2, 0.25) is 0 Å². The van der Waals surface area contributed by atoms with Crippen LogP contribution in [0.1, 0.15) is 16.7 Å². The van der Waals surface area contributed by atoms with Gasteiger partial charge in [0.15, 0.2) is 11.6 Å². The van der Waals surface area contributed by atoms with Gasteiger partial charge in [-0.05, 0) is 44.0 Å². The molecule has 2 rings (SSSR count). The van der Waals surface area contributed by atoms with Gasteiger partial charge in [-0.3, -0.25) is 0 Å². The third-order valence-electron chi connectivity index (χ3n) is 2.94. The monoisotopic (exact) mass is 247 g/mol. The zero-order valence-corrected chi connectivity index (χ0v) is 10.6. The number of aryl methyl sites for hydroxylation is 3. The van der Waals surface area contributed by atoms with E-state index in [-0.39, 0.29) is 5.69 Å². The highest BCUT2D eigenvalue weighted by molar-refractivity contribution is 5.66. The summed E-state index contributed by atoms with van der Waals surface area (Å²) in [6.45, 7) is 5.67. The van der Waals surface area contributed by atoms with E-state index in [2.05, 4.69) is 5.32 Å².